The summed E-state index contributed by atoms with van der Waals surface area (Å²) in [6, 6.07) is 0. The summed E-state index contributed by atoms with van der Waals surface area (Å²) < 4.78 is 4.17. The largest absolute Gasteiger partial charge is 0.435 e. The minimum absolute atomic E-state index is 0.329. The molecule has 0 saturated carbocycles. The second-order valence-corrected chi connectivity index (χ2v) is 3.19. The fourth-order valence-electron chi connectivity index (χ4n) is 0.117. The van der Waals surface area contributed by atoms with E-state index in [1.165, 1.54) is 18.1 Å². The van der Waals surface area contributed by atoms with Crippen LogP contribution in [0, 0.1) is 0 Å². The van der Waals surface area contributed by atoms with Gasteiger partial charge in [0.25, 0.3) is 0 Å². The van der Waals surface area contributed by atoms with E-state index in [0.717, 1.165) is 6.26 Å². The number of allylic oxidation sites excluding steroid dienone is 2. The Bertz CT molecular complexity index is 170. The monoisotopic (exact) mass is 198 g/mol. The van der Waals surface area contributed by atoms with Crippen LogP contribution in [-0.2, 0) is 9.53 Å². The lowest BCUT2D eigenvalue weighted by Crippen LogP contribution is -1.87. The van der Waals surface area contributed by atoms with E-state index in [0.29, 0.717) is 0 Å². The molecule has 0 spiro atoms. The molecule has 0 N–H and O–H groups in total. The van der Waals surface area contributed by atoms with Gasteiger partial charge in [0.15, 0.2) is 0 Å². The van der Waals surface area contributed by atoms with Gasteiger partial charge in [-0.2, -0.15) is 0 Å². The van der Waals surface area contributed by atoms with E-state index in [1.54, 1.807) is 0 Å². The molecule has 0 aromatic heterocycles. The summed E-state index contributed by atoms with van der Waals surface area (Å²) in [5.74, 6) is -0.329. The molecule has 0 aliphatic rings. The molecule has 0 amide bonds. The molecule has 0 radical (unpaired) electrons. The van der Waals surface area contributed by atoms with Gasteiger partial charge in [0.1, 0.15) is 0 Å². The number of carbonyl (C=O) groups is 1. The number of carbonyl (C=O) groups excluding carboxylic acids is 1. The maximum Gasteiger partial charge on any atom is 0.307 e. The zero-order chi connectivity index (χ0) is 12.1. The second-order valence-electron chi connectivity index (χ2n) is 3.19. The summed E-state index contributed by atoms with van der Waals surface area (Å²) >= 11 is 0. The molecule has 2 heteroatoms. The highest BCUT2D eigenvalue weighted by Gasteiger charge is 1.79. The smallest absolute Gasteiger partial charge is 0.307 e. The number of ether oxygens (including phenoxy) is 1. The molecule has 0 aliphatic carbocycles. The Morgan fingerprint density at radius 2 is 1.21 bits per heavy atom. The quantitative estimate of drug-likeness (QED) is 0.363. The standard InChI is InChI=1S/C4H6O2.2C4H8/c1-3-6-4(2)5;2*1-4(2)3/h3H,1H2,2H3;2*1H2,2-3H3. The fraction of sp³-hybridized carbons (Fsp3) is 0.417. The topological polar surface area (TPSA) is 26.3 Å². The molecule has 0 rings (SSSR count). The van der Waals surface area contributed by atoms with Crippen LogP contribution in [-0.4, -0.2) is 5.97 Å². The Hall–Kier alpha value is -1.31. The lowest BCUT2D eigenvalue weighted by molar-refractivity contribution is -0.135. The first-order valence-electron chi connectivity index (χ1n) is 4.26. The molecule has 0 saturated heterocycles. The zero-order valence-corrected chi connectivity index (χ0v) is 10.0. The van der Waals surface area contributed by atoms with Crippen molar-refractivity contribution >= 4 is 5.97 Å². The third-order valence-electron chi connectivity index (χ3n) is 0.249. The van der Waals surface area contributed by atoms with Crippen LogP contribution >= 0.6 is 0 Å². The molecule has 0 fully saturated rings. The highest BCUT2D eigenvalue weighted by atomic mass is 16.5. The van der Waals surface area contributed by atoms with Crippen LogP contribution in [0.25, 0.3) is 0 Å². The van der Waals surface area contributed by atoms with Crippen LogP contribution in [0.5, 0.6) is 0 Å². The first-order valence-corrected chi connectivity index (χ1v) is 4.26. The third-order valence-corrected chi connectivity index (χ3v) is 0.249. The van der Waals surface area contributed by atoms with E-state index in [9.17, 15) is 4.79 Å². The predicted octanol–water partition coefficient (Wildman–Crippen LogP) is 3.86. The molecule has 2 nitrogen and oxygen atoms in total. The highest BCUT2D eigenvalue weighted by molar-refractivity contribution is 5.66. The van der Waals surface area contributed by atoms with Crippen molar-refractivity contribution in [2.24, 2.45) is 0 Å². The Morgan fingerprint density at radius 3 is 1.21 bits per heavy atom. The van der Waals surface area contributed by atoms with Gasteiger partial charge in [0.2, 0.25) is 0 Å². The van der Waals surface area contributed by atoms with E-state index in [1.807, 2.05) is 27.7 Å². The molecule has 0 atom stereocenters. The van der Waals surface area contributed by atoms with Gasteiger partial charge in [-0.15, -0.1) is 13.2 Å². The molecular formula is C12H22O2. The first-order chi connectivity index (χ1) is 6.23. The normalized spacial score (nSPS) is 6.64. The summed E-state index contributed by atoms with van der Waals surface area (Å²) in [4.78, 5) is 9.75. The molecule has 82 valence electrons. The maximum atomic E-state index is 9.75. The van der Waals surface area contributed by atoms with Crippen LogP contribution in [0.3, 0.4) is 0 Å². The molecule has 0 aromatic carbocycles. The number of esters is 1. The summed E-state index contributed by atoms with van der Waals surface area (Å²) in [6.45, 7) is 19.5. The van der Waals surface area contributed by atoms with Gasteiger partial charge in [-0.1, -0.05) is 17.7 Å². The van der Waals surface area contributed by atoms with Gasteiger partial charge in [-0.05, 0) is 27.7 Å². The number of rotatable bonds is 1. The minimum Gasteiger partial charge on any atom is -0.435 e. The first kappa shape index (κ1) is 18.5. The van der Waals surface area contributed by atoms with Gasteiger partial charge in [-0.25, -0.2) is 0 Å². The van der Waals surface area contributed by atoms with Gasteiger partial charge in [-0.3, -0.25) is 4.79 Å². The third kappa shape index (κ3) is 351. The summed E-state index contributed by atoms with van der Waals surface area (Å²) in [5, 5.41) is 0. The summed E-state index contributed by atoms with van der Waals surface area (Å²) in [5.41, 5.74) is 2.33. The molecule has 14 heavy (non-hydrogen) atoms. The SMILES string of the molecule is C=C(C)C.C=C(C)C.C=COC(C)=O. The van der Waals surface area contributed by atoms with Crippen molar-refractivity contribution in [3.8, 4) is 0 Å². The maximum absolute atomic E-state index is 9.75. The van der Waals surface area contributed by atoms with Crippen LogP contribution < -0.4 is 0 Å². The van der Waals surface area contributed by atoms with Crippen LogP contribution in [0.1, 0.15) is 34.6 Å². The van der Waals surface area contributed by atoms with Crippen molar-refractivity contribution in [2.45, 2.75) is 34.6 Å². The molecule has 0 aliphatic heterocycles. The van der Waals surface area contributed by atoms with Crippen molar-refractivity contribution in [1.29, 1.82) is 0 Å². The van der Waals surface area contributed by atoms with E-state index in [-0.39, 0.29) is 5.97 Å². The van der Waals surface area contributed by atoms with E-state index in [2.05, 4.69) is 24.5 Å². The van der Waals surface area contributed by atoms with Gasteiger partial charge < -0.3 is 4.74 Å². The van der Waals surface area contributed by atoms with Crippen molar-refractivity contribution in [3.63, 3.8) is 0 Å². The molecule has 0 heterocycles. The molecule has 0 aromatic rings. The van der Waals surface area contributed by atoms with E-state index >= 15 is 0 Å². The Kier molecular flexibility index (Phi) is 18.8. The van der Waals surface area contributed by atoms with Gasteiger partial charge in [0, 0.05) is 6.92 Å². The summed E-state index contributed by atoms with van der Waals surface area (Å²) in [6.07, 6.45) is 1.10. The van der Waals surface area contributed by atoms with E-state index in [4.69, 9.17) is 0 Å². The molecule has 0 unspecified atom stereocenters. The van der Waals surface area contributed by atoms with Gasteiger partial charge in [0.05, 0.1) is 6.26 Å². The van der Waals surface area contributed by atoms with Crippen LogP contribution in [0.2, 0.25) is 0 Å². The highest BCUT2D eigenvalue weighted by Crippen LogP contribution is 1.74. The van der Waals surface area contributed by atoms with Crippen molar-refractivity contribution in [3.05, 3.63) is 37.1 Å². The predicted molar refractivity (Wildman–Crippen MR) is 62.9 cm³/mol. The van der Waals surface area contributed by atoms with Crippen molar-refractivity contribution in [1.82, 2.24) is 0 Å². The average molecular weight is 198 g/mol. The van der Waals surface area contributed by atoms with E-state index < -0.39 is 0 Å². The fourth-order valence-corrected chi connectivity index (χ4v) is 0.117. The Morgan fingerprint density at radius 1 is 1.00 bits per heavy atom. The zero-order valence-electron chi connectivity index (χ0n) is 10.0. The molecular weight excluding hydrogens is 176 g/mol. The van der Waals surface area contributed by atoms with Crippen molar-refractivity contribution in [2.75, 3.05) is 0 Å². The average Bonchev–Trinajstić information content (AvgIpc) is 1.82. The van der Waals surface area contributed by atoms with Crippen LogP contribution in [0.4, 0.5) is 0 Å². The van der Waals surface area contributed by atoms with Gasteiger partial charge >= 0.3 is 5.97 Å². The second kappa shape index (κ2) is 14.2. The van der Waals surface area contributed by atoms with Crippen molar-refractivity contribution < 1.29 is 9.53 Å². The Balaban J connectivity index is -0.000000135. The minimum atomic E-state index is -0.329. The lowest BCUT2D eigenvalue weighted by Gasteiger charge is -1.83. The number of hydrogen-bond acceptors (Lipinski definition) is 2. The Labute approximate surface area is 88.0 Å². The number of hydrogen-bond donors (Lipinski definition) is 0. The summed E-state index contributed by atoms with van der Waals surface area (Å²) in [7, 11) is 0. The molecule has 0 bridgehead atoms. The van der Waals surface area contributed by atoms with Crippen LogP contribution in [0.15, 0.2) is 37.1 Å². The lowest BCUT2D eigenvalue weighted by atomic mass is 10.4.